The van der Waals surface area contributed by atoms with Gasteiger partial charge in [0.05, 0.1) is 31.2 Å². The lowest BCUT2D eigenvalue weighted by atomic mass is 9.35. The van der Waals surface area contributed by atoms with Crippen molar-refractivity contribution in [3.63, 3.8) is 0 Å². The Balaban J connectivity index is 0.819. The summed E-state index contributed by atoms with van der Waals surface area (Å²) in [6.45, 7) is 1.51. The Morgan fingerprint density at radius 3 is 2.63 bits per heavy atom. The number of nitrogens with two attached hydrogens (primary N) is 1. The van der Waals surface area contributed by atoms with E-state index in [1.807, 2.05) is 18.2 Å². The number of ether oxygens (including phenoxy) is 1. The molecule has 7 aliphatic carbocycles. The minimum Gasteiger partial charge on any atom is -0.504 e. The van der Waals surface area contributed by atoms with E-state index in [4.69, 9.17) is 10.5 Å². The number of aliphatic hydroxyl groups is 3. The number of rotatable bonds is 9. The van der Waals surface area contributed by atoms with Gasteiger partial charge in [0.2, 0.25) is 0 Å². The second-order valence-electron chi connectivity index (χ2n) is 24.1. The van der Waals surface area contributed by atoms with E-state index < -0.39 is 29.6 Å². The van der Waals surface area contributed by atoms with Crippen LogP contribution < -0.4 is 21.1 Å². The molecule has 0 radical (unpaired) electrons. The Labute approximate surface area is 428 Å². The van der Waals surface area contributed by atoms with Gasteiger partial charge in [-0.25, -0.2) is 0 Å². The molecular formula is C62H72N4O7. The van der Waals surface area contributed by atoms with Crippen molar-refractivity contribution < 1.29 is 34.8 Å². The minimum atomic E-state index is -1.29. The number of nitrogens with one attached hydrogen (secondary N) is 3. The van der Waals surface area contributed by atoms with Gasteiger partial charge in [-0.15, -0.1) is 0 Å². The largest absolute Gasteiger partial charge is 0.504 e. The number of ketones is 2. The molecule has 2 spiro atoms. The lowest BCUT2D eigenvalue weighted by Gasteiger charge is -2.70. The fraction of sp³-hybridized carbons (Fsp3) is 0.548. The number of aryl methyl sites for hydroxylation is 1. The van der Waals surface area contributed by atoms with Gasteiger partial charge in [-0.05, 0) is 186 Å². The van der Waals surface area contributed by atoms with Gasteiger partial charge in [0.15, 0.2) is 17.3 Å². The molecule has 9 N–H and O–H groups in total. The van der Waals surface area contributed by atoms with Crippen LogP contribution in [0, 0.1) is 64.1 Å². The standard InChI is InChI=1S/C62H72N4O7/c1-73-52-25-36-10-13-53(71)61(19-14-37(45(36)31-51(52)70)24-49(68)50(69)30-44(38-16-21-64-55(63)27-38)35-9-8-33-5-2-3-6-34(33)23-35)20-15-39(26-54(61)72)59-43-12-11-40-7-4-18-62(40,59)47-32-66-48-29-41(67)28-46-42-17-22-65-60(42)57(43)58(47)56(46)48/h2-3,5-6,8-9,16-17,22-23,25,27,31,37,39-40,43-44,46-50,54,56-59,64-66,68-70,72H,4,7,10-13,15,18,20-21,24,26,28-30,32,63H2,1H3/t37-,39+,40-,43-,44+,46+,47-,48+,49+,50-,54-,56+,57+,58-,59-,61+,62+/m1/s1. The zero-order valence-electron chi connectivity index (χ0n) is 42.1. The Kier molecular flexibility index (Phi) is 11.8. The van der Waals surface area contributed by atoms with E-state index >= 15 is 4.79 Å². The minimum absolute atomic E-state index is 0.0438. The Bertz CT molecular complexity index is 2980. The summed E-state index contributed by atoms with van der Waals surface area (Å²) in [6, 6.07) is 20.4. The highest BCUT2D eigenvalue weighted by Gasteiger charge is 2.71. The van der Waals surface area contributed by atoms with Crippen LogP contribution in [0.3, 0.4) is 0 Å². The summed E-state index contributed by atoms with van der Waals surface area (Å²) in [5, 5.41) is 57.9. The molecule has 13 rings (SSSR count). The van der Waals surface area contributed by atoms with E-state index in [0.717, 1.165) is 40.4 Å². The smallest absolute Gasteiger partial charge is 0.160 e. The van der Waals surface area contributed by atoms with Crippen LogP contribution in [0.15, 0.2) is 90.4 Å². The first-order valence-electron chi connectivity index (χ1n) is 27.8. The van der Waals surface area contributed by atoms with E-state index in [-0.39, 0.29) is 60.0 Å². The fourth-order valence-electron chi connectivity index (χ4n) is 18.3. The zero-order chi connectivity index (χ0) is 49.9. The van der Waals surface area contributed by atoms with Gasteiger partial charge in [-0.2, -0.15) is 0 Å². The number of aromatic hydroxyl groups is 1. The number of allylic oxidation sites excluding steroid dienone is 2. The molecule has 11 heteroatoms. The third kappa shape index (κ3) is 7.50. The van der Waals surface area contributed by atoms with Crippen molar-refractivity contribution in [2.24, 2.45) is 58.0 Å². The monoisotopic (exact) mass is 985 g/mol. The molecule has 2 bridgehead atoms. The molecule has 2 aliphatic heterocycles. The molecule has 3 aromatic carbocycles. The van der Waals surface area contributed by atoms with Crippen LogP contribution in [0.1, 0.15) is 135 Å². The average molecular weight is 985 g/mol. The zero-order valence-corrected chi connectivity index (χ0v) is 42.1. The van der Waals surface area contributed by atoms with E-state index in [1.165, 1.54) is 50.5 Å². The van der Waals surface area contributed by atoms with Crippen molar-refractivity contribution in [3.8, 4) is 23.3 Å². The highest BCUT2D eigenvalue weighted by atomic mass is 16.5. The van der Waals surface area contributed by atoms with Crippen molar-refractivity contribution in [2.45, 2.75) is 138 Å². The maximum Gasteiger partial charge on any atom is 0.160 e. The molecule has 6 fully saturated rings. The van der Waals surface area contributed by atoms with Crippen LogP contribution in [-0.2, 0) is 16.0 Å². The molecule has 1 saturated heterocycles. The predicted octanol–water partition coefficient (Wildman–Crippen LogP) is 8.14. The fourth-order valence-corrected chi connectivity index (χ4v) is 18.3. The van der Waals surface area contributed by atoms with Crippen molar-refractivity contribution in [1.29, 1.82) is 0 Å². The molecule has 17 atom stereocenters. The Hall–Kier alpha value is -5.38. The first-order chi connectivity index (χ1) is 35.4. The maximum atomic E-state index is 15.0. The number of methoxy groups -OCH3 is 1. The molecule has 3 heterocycles. The van der Waals surface area contributed by atoms with Crippen molar-refractivity contribution in [1.82, 2.24) is 15.6 Å². The molecule has 73 heavy (non-hydrogen) atoms. The van der Waals surface area contributed by atoms with Crippen LogP contribution in [0.2, 0.25) is 0 Å². The topological polar surface area (TPSA) is 190 Å². The lowest BCUT2D eigenvalue weighted by Crippen LogP contribution is -2.69. The van der Waals surface area contributed by atoms with E-state index in [1.54, 1.807) is 12.1 Å². The Morgan fingerprint density at radius 2 is 1.79 bits per heavy atom. The molecule has 0 amide bonds. The number of carbonyl (C=O) groups is 2. The number of hydrogen-bond acceptors (Lipinski definition) is 10. The summed E-state index contributed by atoms with van der Waals surface area (Å²) in [4.78, 5) is 32.1. The number of H-pyrrole nitrogens is 1. The lowest BCUT2D eigenvalue weighted by molar-refractivity contribution is -0.194. The number of benzene rings is 3. The molecule has 9 aliphatic rings. The number of carbonyl (C=O) groups excluding carboxylic acids is 2. The van der Waals surface area contributed by atoms with Gasteiger partial charge in [0.25, 0.3) is 0 Å². The molecular weight excluding hydrogens is 913 g/mol. The number of phenols is 1. The number of piperidine rings is 1. The molecule has 1 aromatic heterocycles. The van der Waals surface area contributed by atoms with E-state index in [2.05, 4.69) is 76.1 Å². The van der Waals surface area contributed by atoms with Crippen molar-refractivity contribution in [3.05, 3.63) is 118 Å². The third-order valence-electron chi connectivity index (χ3n) is 21.2. The summed E-state index contributed by atoms with van der Waals surface area (Å²) >= 11 is 0. The summed E-state index contributed by atoms with van der Waals surface area (Å²) in [6.07, 6.45) is 12.8. The summed E-state index contributed by atoms with van der Waals surface area (Å²) < 4.78 is 5.58. The first kappa shape index (κ1) is 47.3. The van der Waals surface area contributed by atoms with Crippen LogP contribution in [0.4, 0.5) is 0 Å². The Morgan fingerprint density at radius 1 is 0.932 bits per heavy atom. The molecule has 0 unspecified atom stereocenters. The van der Waals surface area contributed by atoms with Gasteiger partial charge >= 0.3 is 0 Å². The molecule has 5 saturated carbocycles. The number of Topliss-reactive ketones (excluding diaryl/α,β-unsaturated/α-hetero) is 2. The van der Waals surface area contributed by atoms with Crippen LogP contribution in [-0.4, -0.2) is 81.5 Å². The van der Waals surface area contributed by atoms with Gasteiger partial charge in [0.1, 0.15) is 11.2 Å². The summed E-state index contributed by atoms with van der Waals surface area (Å²) in [7, 11) is 1.51. The van der Waals surface area contributed by atoms with Crippen LogP contribution >= 0.6 is 0 Å². The molecule has 11 nitrogen and oxygen atoms in total. The highest BCUT2D eigenvalue weighted by molar-refractivity contribution is 5.89. The summed E-state index contributed by atoms with van der Waals surface area (Å²) in [5.74, 6) is 11.1. The SMILES string of the molecule is COc1cc2c(cc1O)[C@@H](C[C@H](O)[C@H](O)C[C@H](C1=CCNC(N)=C1)c1ccc3ccccc3c1)C#C[C@]1(CC[C@H]([C@@H]3[C@@H]4CC[C@H]5CCC[C@@]53[C@@H]3CN[C@H]5CC(=O)C[C@H]6c7cc[nH]c7[C@@H]4[C@H]3[C@H]56)C[C@H]1O)C(=O)CC2. The number of fused-ring (bicyclic) bond motifs is 7. The van der Waals surface area contributed by atoms with Crippen molar-refractivity contribution in [2.75, 3.05) is 20.2 Å². The normalized spacial score (nSPS) is 37.3. The van der Waals surface area contributed by atoms with Crippen LogP contribution in [0.25, 0.3) is 10.8 Å². The van der Waals surface area contributed by atoms with Crippen molar-refractivity contribution >= 4 is 22.3 Å². The number of phenolic OH excluding ortho intramolecular Hbond substituents is 1. The third-order valence-corrected chi connectivity index (χ3v) is 21.2. The number of aromatic amines is 1. The molecule has 4 aromatic rings. The van der Waals surface area contributed by atoms with Gasteiger partial charge in [0, 0.05) is 61.5 Å². The number of aromatic nitrogens is 1. The second kappa shape index (κ2) is 18.2. The van der Waals surface area contributed by atoms with Gasteiger partial charge < -0.3 is 46.5 Å². The number of aliphatic hydroxyl groups excluding tert-OH is 3. The van der Waals surface area contributed by atoms with E-state index in [0.29, 0.717) is 103 Å². The quantitative estimate of drug-likeness (QED) is 0.0761. The van der Waals surface area contributed by atoms with Gasteiger partial charge in [-0.1, -0.05) is 66.8 Å². The predicted molar refractivity (Wildman–Crippen MR) is 279 cm³/mol. The highest BCUT2D eigenvalue weighted by Crippen LogP contribution is 2.76. The second-order valence-corrected chi connectivity index (χ2v) is 24.1. The van der Waals surface area contributed by atoms with Crippen LogP contribution in [0.5, 0.6) is 11.5 Å². The first-order valence-corrected chi connectivity index (χ1v) is 27.8. The van der Waals surface area contributed by atoms with Gasteiger partial charge in [-0.3, -0.25) is 9.59 Å². The average Bonchev–Trinajstić information content (AvgIpc) is 4.07. The summed E-state index contributed by atoms with van der Waals surface area (Å²) in [5.41, 5.74) is 11.4. The number of hydrogen-bond donors (Lipinski definition) is 8. The maximum absolute atomic E-state index is 15.0. The molecule has 382 valence electrons. The number of dihydropyridines is 1. The van der Waals surface area contributed by atoms with E-state index in [9.17, 15) is 25.2 Å².